The van der Waals surface area contributed by atoms with Gasteiger partial charge in [0, 0.05) is 24.8 Å². The molecule has 1 aromatic carbocycles. The van der Waals surface area contributed by atoms with Crippen LogP contribution in [0.3, 0.4) is 0 Å². The normalized spacial score (nSPS) is 17.7. The predicted molar refractivity (Wildman–Crippen MR) is 81.1 cm³/mol. The maximum Gasteiger partial charge on any atom is 0.306 e. The van der Waals surface area contributed by atoms with Crippen molar-refractivity contribution in [3.63, 3.8) is 0 Å². The lowest BCUT2D eigenvalue weighted by atomic mass is 10.1. The molecule has 1 saturated heterocycles. The molecule has 1 aliphatic heterocycles. The number of nitrogens with zero attached hydrogens (tertiary/aromatic N) is 1. The number of esters is 1. The van der Waals surface area contributed by atoms with Gasteiger partial charge in [-0.2, -0.15) is 0 Å². The van der Waals surface area contributed by atoms with E-state index in [4.69, 9.17) is 14.2 Å². The Morgan fingerprint density at radius 2 is 2.05 bits per heavy atom. The first-order chi connectivity index (χ1) is 10.2. The van der Waals surface area contributed by atoms with Crippen molar-refractivity contribution in [2.45, 2.75) is 19.8 Å². The standard InChI is InChI=1S/C16H23NO4/c1-4-21-16(18)9-12-7-8-17(11-12)13-5-6-14(19-2)15(10-13)20-3/h5-6,10,12H,4,7-9,11H2,1-3H3. The van der Waals surface area contributed by atoms with Gasteiger partial charge in [-0.25, -0.2) is 0 Å². The zero-order valence-corrected chi connectivity index (χ0v) is 12.9. The third-order valence-corrected chi connectivity index (χ3v) is 3.78. The summed E-state index contributed by atoms with van der Waals surface area (Å²) in [5.41, 5.74) is 1.10. The Labute approximate surface area is 125 Å². The quantitative estimate of drug-likeness (QED) is 0.754. The minimum absolute atomic E-state index is 0.100. The smallest absolute Gasteiger partial charge is 0.306 e. The van der Waals surface area contributed by atoms with E-state index in [0.29, 0.717) is 18.9 Å². The Bertz CT molecular complexity index is 489. The third-order valence-electron chi connectivity index (χ3n) is 3.78. The summed E-state index contributed by atoms with van der Waals surface area (Å²) in [5, 5.41) is 0. The maximum absolute atomic E-state index is 11.5. The highest BCUT2D eigenvalue weighted by molar-refractivity contribution is 5.70. The molecule has 0 spiro atoms. The second-order valence-electron chi connectivity index (χ2n) is 5.15. The largest absolute Gasteiger partial charge is 0.493 e. The number of anilines is 1. The number of hydrogen-bond acceptors (Lipinski definition) is 5. The van der Waals surface area contributed by atoms with Crippen LogP contribution in [0.5, 0.6) is 11.5 Å². The van der Waals surface area contributed by atoms with Gasteiger partial charge in [-0.05, 0) is 31.4 Å². The molecule has 5 heteroatoms. The van der Waals surface area contributed by atoms with Crippen LogP contribution in [0.15, 0.2) is 18.2 Å². The highest BCUT2D eigenvalue weighted by Gasteiger charge is 2.25. The highest BCUT2D eigenvalue weighted by atomic mass is 16.5. The number of benzene rings is 1. The molecule has 1 atom stereocenters. The Kier molecular flexibility index (Phi) is 5.31. The molecule has 1 unspecified atom stereocenters. The lowest BCUT2D eigenvalue weighted by Gasteiger charge is -2.20. The average Bonchev–Trinajstić information content (AvgIpc) is 2.95. The van der Waals surface area contributed by atoms with Gasteiger partial charge >= 0.3 is 5.97 Å². The first kappa shape index (κ1) is 15.5. The molecule has 0 aliphatic carbocycles. The fourth-order valence-corrected chi connectivity index (χ4v) is 2.71. The van der Waals surface area contributed by atoms with Crippen molar-refractivity contribution in [2.24, 2.45) is 5.92 Å². The fourth-order valence-electron chi connectivity index (χ4n) is 2.71. The number of methoxy groups -OCH3 is 2. The van der Waals surface area contributed by atoms with Crippen molar-refractivity contribution in [2.75, 3.05) is 38.8 Å². The molecule has 1 aromatic rings. The summed E-state index contributed by atoms with van der Waals surface area (Å²) < 4.78 is 15.6. The number of ether oxygens (including phenoxy) is 3. The van der Waals surface area contributed by atoms with E-state index in [2.05, 4.69) is 4.90 Å². The summed E-state index contributed by atoms with van der Waals surface area (Å²) in [5.74, 6) is 1.71. The van der Waals surface area contributed by atoms with Crippen molar-refractivity contribution >= 4 is 11.7 Å². The summed E-state index contributed by atoms with van der Waals surface area (Å²) in [4.78, 5) is 13.8. The molecule has 1 aliphatic rings. The van der Waals surface area contributed by atoms with Crippen LogP contribution in [0.4, 0.5) is 5.69 Å². The second-order valence-corrected chi connectivity index (χ2v) is 5.15. The van der Waals surface area contributed by atoms with Crippen LogP contribution >= 0.6 is 0 Å². The van der Waals surface area contributed by atoms with Gasteiger partial charge in [0.1, 0.15) is 0 Å². The van der Waals surface area contributed by atoms with Gasteiger partial charge in [0.2, 0.25) is 0 Å². The Morgan fingerprint density at radius 1 is 1.29 bits per heavy atom. The van der Waals surface area contributed by atoms with Crippen LogP contribution in [-0.4, -0.2) is 39.9 Å². The molecule has 0 N–H and O–H groups in total. The van der Waals surface area contributed by atoms with Gasteiger partial charge in [-0.3, -0.25) is 4.79 Å². The van der Waals surface area contributed by atoms with Gasteiger partial charge in [0.15, 0.2) is 11.5 Å². The number of hydrogen-bond donors (Lipinski definition) is 0. The van der Waals surface area contributed by atoms with Gasteiger partial charge in [-0.15, -0.1) is 0 Å². The second kappa shape index (κ2) is 7.20. The van der Waals surface area contributed by atoms with E-state index >= 15 is 0 Å². The van der Waals surface area contributed by atoms with E-state index in [1.165, 1.54) is 0 Å². The van der Waals surface area contributed by atoms with Crippen molar-refractivity contribution in [3.05, 3.63) is 18.2 Å². The molecule has 1 fully saturated rings. The van der Waals surface area contributed by atoms with Crippen LogP contribution in [0.25, 0.3) is 0 Å². The van der Waals surface area contributed by atoms with E-state index in [9.17, 15) is 4.79 Å². The fraction of sp³-hybridized carbons (Fsp3) is 0.562. The van der Waals surface area contributed by atoms with Gasteiger partial charge in [0.05, 0.1) is 27.2 Å². The van der Waals surface area contributed by atoms with Crippen LogP contribution in [0, 0.1) is 5.92 Å². The third kappa shape index (κ3) is 3.80. The average molecular weight is 293 g/mol. The minimum atomic E-state index is -0.100. The molecular formula is C16H23NO4. The van der Waals surface area contributed by atoms with Crippen LogP contribution in [0.1, 0.15) is 19.8 Å². The van der Waals surface area contributed by atoms with Crippen LogP contribution in [0.2, 0.25) is 0 Å². The summed E-state index contributed by atoms with van der Waals surface area (Å²) in [7, 11) is 3.26. The van der Waals surface area contributed by atoms with E-state index in [1.54, 1.807) is 14.2 Å². The van der Waals surface area contributed by atoms with Crippen molar-refractivity contribution in [1.82, 2.24) is 0 Å². The monoisotopic (exact) mass is 293 g/mol. The van der Waals surface area contributed by atoms with E-state index < -0.39 is 0 Å². The molecule has 5 nitrogen and oxygen atoms in total. The van der Waals surface area contributed by atoms with Crippen LogP contribution in [-0.2, 0) is 9.53 Å². The number of carbonyl (C=O) groups excluding carboxylic acids is 1. The van der Waals surface area contributed by atoms with E-state index in [-0.39, 0.29) is 5.97 Å². The first-order valence-electron chi connectivity index (χ1n) is 7.30. The number of rotatable bonds is 6. The zero-order valence-electron chi connectivity index (χ0n) is 12.9. The highest BCUT2D eigenvalue weighted by Crippen LogP contribution is 2.34. The Morgan fingerprint density at radius 3 is 2.71 bits per heavy atom. The van der Waals surface area contributed by atoms with Crippen molar-refractivity contribution in [1.29, 1.82) is 0 Å². The lowest BCUT2D eigenvalue weighted by Crippen LogP contribution is -2.21. The molecule has 1 heterocycles. The van der Waals surface area contributed by atoms with Crippen LogP contribution < -0.4 is 14.4 Å². The Balaban J connectivity index is 1.99. The first-order valence-corrected chi connectivity index (χ1v) is 7.30. The summed E-state index contributed by atoms with van der Waals surface area (Å²) in [6.45, 7) is 4.10. The molecule has 116 valence electrons. The molecule has 21 heavy (non-hydrogen) atoms. The Hall–Kier alpha value is -1.91. The summed E-state index contributed by atoms with van der Waals surface area (Å²) >= 11 is 0. The molecule has 2 rings (SSSR count). The van der Waals surface area contributed by atoms with Gasteiger partial charge < -0.3 is 19.1 Å². The van der Waals surface area contributed by atoms with Gasteiger partial charge in [0.25, 0.3) is 0 Å². The number of carbonyl (C=O) groups is 1. The zero-order chi connectivity index (χ0) is 15.2. The summed E-state index contributed by atoms with van der Waals surface area (Å²) in [6, 6.07) is 5.91. The minimum Gasteiger partial charge on any atom is -0.493 e. The molecule has 0 aromatic heterocycles. The lowest BCUT2D eigenvalue weighted by molar-refractivity contribution is -0.144. The van der Waals surface area contributed by atoms with Crippen molar-refractivity contribution in [3.8, 4) is 11.5 Å². The predicted octanol–water partition coefficient (Wildman–Crippen LogP) is 2.48. The molecule has 0 saturated carbocycles. The van der Waals surface area contributed by atoms with Gasteiger partial charge in [-0.1, -0.05) is 0 Å². The van der Waals surface area contributed by atoms with E-state index in [1.807, 2.05) is 25.1 Å². The maximum atomic E-state index is 11.5. The van der Waals surface area contributed by atoms with E-state index in [0.717, 1.165) is 36.7 Å². The molecule has 0 amide bonds. The molecule has 0 bridgehead atoms. The summed E-state index contributed by atoms with van der Waals surface area (Å²) in [6.07, 6.45) is 1.50. The topological polar surface area (TPSA) is 48.0 Å². The van der Waals surface area contributed by atoms with Crippen molar-refractivity contribution < 1.29 is 19.0 Å². The molecule has 0 radical (unpaired) electrons. The molecular weight excluding hydrogens is 270 g/mol. The SMILES string of the molecule is CCOC(=O)CC1CCN(c2ccc(OC)c(OC)c2)C1.